The highest BCUT2D eigenvalue weighted by Crippen LogP contribution is 2.49. The zero-order valence-electron chi connectivity index (χ0n) is 10.7. The van der Waals surface area contributed by atoms with Gasteiger partial charge in [-0.3, -0.25) is 4.98 Å². The molecule has 1 fully saturated rings. The van der Waals surface area contributed by atoms with E-state index in [4.69, 9.17) is 0 Å². The number of hydrogen-bond acceptors (Lipinski definition) is 2. The summed E-state index contributed by atoms with van der Waals surface area (Å²) in [5.74, 6) is -0.244. The molecular weight excluding hydrogens is 215 g/mol. The maximum absolute atomic E-state index is 13.3. The van der Waals surface area contributed by atoms with Crippen LogP contribution in [0.4, 0.5) is 4.39 Å². The second-order valence-corrected chi connectivity index (χ2v) is 5.08. The van der Waals surface area contributed by atoms with Crippen molar-refractivity contribution in [3.8, 4) is 0 Å². The molecule has 0 aromatic carbocycles. The average molecular weight is 236 g/mol. The van der Waals surface area contributed by atoms with E-state index < -0.39 is 0 Å². The van der Waals surface area contributed by atoms with Gasteiger partial charge in [0.05, 0.1) is 6.20 Å². The Kier molecular flexibility index (Phi) is 3.77. The third-order valence-electron chi connectivity index (χ3n) is 4.26. The van der Waals surface area contributed by atoms with E-state index in [1.807, 2.05) is 7.05 Å². The van der Waals surface area contributed by atoms with Crippen molar-refractivity contribution in [1.82, 2.24) is 10.3 Å². The van der Waals surface area contributed by atoms with Crippen LogP contribution in [0.1, 0.15) is 50.6 Å². The first-order chi connectivity index (χ1) is 8.22. The monoisotopic (exact) mass is 236 g/mol. The minimum absolute atomic E-state index is 0.221. The summed E-state index contributed by atoms with van der Waals surface area (Å²) in [5.41, 5.74) is 1.26. The van der Waals surface area contributed by atoms with Crippen LogP contribution in [0.2, 0.25) is 0 Å². The fourth-order valence-corrected chi connectivity index (χ4v) is 3.34. The lowest BCUT2D eigenvalue weighted by atomic mass is 9.74. The Bertz CT molecular complexity index is 372. The van der Waals surface area contributed by atoms with E-state index in [1.54, 1.807) is 12.3 Å². The highest BCUT2D eigenvalue weighted by atomic mass is 19.1. The Morgan fingerprint density at radius 2 is 2.12 bits per heavy atom. The molecule has 0 radical (unpaired) electrons. The first kappa shape index (κ1) is 12.5. The Morgan fingerprint density at radius 3 is 2.65 bits per heavy atom. The molecule has 17 heavy (non-hydrogen) atoms. The summed E-state index contributed by atoms with van der Waals surface area (Å²) in [7, 11) is 1.96. The van der Waals surface area contributed by atoms with Gasteiger partial charge in [0.25, 0.3) is 0 Å². The molecule has 3 heteroatoms. The third kappa shape index (κ3) is 2.34. The lowest BCUT2D eigenvalue weighted by Gasteiger charge is -2.37. The van der Waals surface area contributed by atoms with Gasteiger partial charge >= 0.3 is 0 Å². The van der Waals surface area contributed by atoms with Crippen LogP contribution < -0.4 is 5.32 Å². The standard InChI is InChI=1S/C14H21FN2/c1-3-14(6-4-5-7-14)13(16-2)11-8-12(15)10-17-9-11/h8-10,13,16H,3-7H2,1-2H3. The van der Waals surface area contributed by atoms with Crippen LogP contribution in [-0.4, -0.2) is 12.0 Å². The SMILES string of the molecule is CCC1(C(NC)c2cncc(F)c2)CCCC1. The highest BCUT2D eigenvalue weighted by Gasteiger charge is 2.39. The van der Waals surface area contributed by atoms with E-state index in [-0.39, 0.29) is 17.3 Å². The van der Waals surface area contributed by atoms with Gasteiger partial charge < -0.3 is 5.32 Å². The lowest BCUT2D eigenvalue weighted by molar-refractivity contribution is 0.194. The normalized spacial score (nSPS) is 20.4. The largest absolute Gasteiger partial charge is 0.312 e. The minimum Gasteiger partial charge on any atom is -0.312 e. The molecule has 2 rings (SSSR count). The number of nitrogens with one attached hydrogen (secondary N) is 1. The summed E-state index contributed by atoms with van der Waals surface area (Å²) in [5, 5.41) is 3.37. The maximum atomic E-state index is 13.3. The average Bonchev–Trinajstić information content (AvgIpc) is 2.80. The molecule has 94 valence electrons. The second-order valence-electron chi connectivity index (χ2n) is 5.08. The maximum Gasteiger partial charge on any atom is 0.141 e. The lowest BCUT2D eigenvalue weighted by Crippen LogP contribution is -2.34. The van der Waals surface area contributed by atoms with Gasteiger partial charge in [0.1, 0.15) is 5.82 Å². The predicted molar refractivity (Wildman–Crippen MR) is 67.2 cm³/mol. The van der Waals surface area contributed by atoms with Crippen molar-refractivity contribution >= 4 is 0 Å². The number of pyridine rings is 1. The molecule has 1 aliphatic rings. The van der Waals surface area contributed by atoms with Crippen LogP contribution in [0, 0.1) is 11.2 Å². The van der Waals surface area contributed by atoms with Gasteiger partial charge in [-0.05, 0) is 43.4 Å². The molecule has 1 saturated carbocycles. The van der Waals surface area contributed by atoms with Gasteiger partial charge in [-0.1, -0.05) is 19.8 Å². The Hall–Kier alpha value is -0.960. The fraction of sp³-hybridized carbons (Fsp3) is 0.643. The van der Waals surface area contributed by atoms with Crippen LogP contribution in [0.5, 0.6) is 0 Å². The molecular formula is C14H21FN2. The minimum atomic E-state index is -0.244. The molecule has 1 unspecified atom stereocenters. The number of aromatic nitrogens is 1. The quantitative estimate of drug-likeness (QED) is 0.866. The molecule has 0 amide bonds. The number of hydrogen-bond donors (Lipinski definition) is 1. The molecule has 1 atom stereocenters. The van der Waals surface area contributed by atoms with Crippen LogP contribution in [0.15, 0.2) is 18.5 Å². The van der Waals surface area contributed by atoms with Gasteiger partial charge in [-0.2, -0.15) is 0 Å². The zero-order chi connectivity index (χ0) is 12.3. The Labute approximate surface area is 103 Å². The topological polar surface area (TPSA) is 24.9 Å². The zero-order valence-corrected chi connectivity index (χ0v) is 10.7. The Balaban J connectivity index is 2.32. The van der Waals surface area contributed by atoms with Crippen molar-refractivity contribution in [2.24, 2.45) is 5.41 Å². The summed E-state index contributed by atoms with van der Waals surface area (Å²) >= 11 is 0. The van der Waals surface area contributed by atoms with Gasteiger partial charge in [0, 0.05) is 12.2 Å². The molecule has 0 aliphatic heterocycles. The molecule has 0 spiro atoms. The van der Waals surface area contributed by atoms with Gasteiger partial charge in [-0.25, -0.2) is 4.39 Å². The molecule has 2 nitrogen and oxygen atoms in total. The molecule has 0 saturated heterocycles. The summed E-state index contributed by atoms with van der Waals surface area (Å²) in [6.45, 7) is 2.24. The first-order valence-electron chi connectivity index (χ1n) is 6.49. The van der Waals surface area contributed by atoms with Crippen molar-refractivity contribution in [3.63, 3.8) is 0 Å². The van der Waals surface area contributed by atoms with Crippen molar-refractivity contribution < 1.29 is 4.39 Å². The summed E-state index contributed by atoms with van der Waals surface area (Å²) < 4.78 is 13.3. The molecule has 1 aliphatic carbocycles. The van der Waals surface area contributed by atoms with E-state index in [0.717, 1.165) is 12.0 Å². The van der Waals surface area contributed by atoms with E-state index in [9.17, 15) is 4.39 Å². The summed E-state index contributed by atoms with van der Waals surface area (Å²) in [6, 6.07) is 1.84. The highest BCUT2D eigenvalue weighted by molar-refractivity contribution is 5.19. The molecule has 1 aromatic heterocycles. The fourth-order valence-electron chi connectivity index (χ4n) is 3.34. The van der Waals surface area contributed by atoms with Gasteiger partial charge in [-0.15, -0.1) is 0 Å². The van der Waals surface area contributed by atoms with Crippen LogP contribution in [0.25, 0.3) is 0 Å². The van der Waals surface area contributed by atoms with E-state index >= 15 is 0 Å². The van der Waals surface area contributed by atoms with E-state index in [0.29, 0.717) is 0 Å². The smallest absolute Gasteiger partial charge is 0.141 e. The Morgan fingerprint density at radius 1 is 1.41 bits per heavy atom. The van der Waals surface area contributed by atoms with Crippen molar-refractivity contribution in [3.05, 3.63) is 29.8 Å². The number of nitrogens with zero attached hydrogens (tertiary/aromatic N) is 1. The van der Waals surface area contributed by atoms with Gasteiger partial charge in [0.2, 0.25) is 0 Å². The first-order valence-corrected chi connectivity index (χ1v) is 6.49. The van der Waals surface area contributed by atoms with Crippen molar-refractivity contribution in [2.45, 2.75) is 45.1 Å². The van der Waals surface area contributed by atoms with Crippen LogP contribution >= 0.6 is 0 Å². The summed E-state index contributed by atoms with van der Waals surface area (Å²) in [4.78, 5) is 3.97. The van der Waals surface area contributed by atoms with E-state index in [2.05, 4.69) is 17.2 Å². The molecule has 0 bridgehead atoms. The number of rotatable bonds is 4. The molecule has 1 N–H and O–H groups in total. The molecule has 1 aromatic rings. The third-order valence-corrected chi connectivity index (χ3v) is 4.26. The summed E-state index contributed by atoms with van der Waals surface area (Å²) in [6.07, 6.45) is 9.22. The molecule has 1 heterocycles. The van der Waals surface area contributed by atoms with Crippen LogP contribution in [0.3, 0.4) is 0 Å². The second kappa shape index (κ2) is 5.13. The van der Waals surface area contributed by atoms with Crippen LogP contribution in [-0.2, 0) is 0 Å². The van der Waals surface area contributed by atoms with E-state index in [1.165, 1.54) is 31.9 Å². The predicted octanol–water partition coefficient (Wildman–Crippen LogP) is 3.45. The number of halogens is 1. The van der Waals surface area contributed by atoms with Gasteiger partial charge in [0.15, 0.2) is 0 Å². The van der Waals surface area contributed by atoms with Crippen molar-refractivity contribution in [1.29, 1.82) is 0 Å². The van der Waals surface area contributed by atoms with Crippen molar-refractivity contribution in [2.75, 3.05) is 7.05 Å².